The van der Waals surface area contributed by atoms with Gasteiger partial charge in [0.05, 0.1) is 10.8 Å². The highest BCUT2D eigenvalue weighted by Gasteiger charge is 2.54. The van der Waals surface area contributed by atoms with E-state index in [1.165, 1.54) is 148 Å². The zero-order valence-electron chi connectivity index (χ0n) is 42.1. The predicted molar refractivity (Wildman–Crippen MR) is 298 cm³/mol. The molecule has 7 aliphatic rings. The molecule has 0 aromatic heterocycles. The number of para-hydroxylation sites is 1. The van der Waals surface area contributed by atoms with Crippen LogP contribution in [0.4, 0.5) is 17.1 Å². The van der Waals surface area contributed by atoms with Crippen molar-refractivity contribution in [2.75, 3.05) is 4.90 Å². The maximum atomic E-state index is 7.17. The first-order chi connectivity index (χ1) is 36.0. The molecule has 2 fully saturated rings. The zero-order valence-corrected chi connectivity index (χ0v) is 42.1. The van der Waals surface area contributed by atoms with Crippen LogP contribution < -0.4 is 14.4 Å². The monoisotopic (exact) mass is 947 g/mol. The van der Waals surface area contributed by atoms with E-state index < -0.39 is 10.8 Å². The molecular weight excluding hydrogens is 887 g/mol. The Morgan fingerprint density at radius 1 is 0.438 bits per heavy atom. The van der Waals surface area contributed by atoms with Gasteiger partial charge in [0.15, 0.2) is 0 Å². The van der Waals surface area contributed by atoms with Gasteiger partial charge in [-0.25, -0.2) is 0 Å². The van der Waals surface area contributed by atoms with Crippen LogP contribution in [0.1, 0.15) is 151 Å². The first-order valence-corrected chi connectivity index (χ1v) is 27.5. The highest BCUT2D eigenvalue weighted by Crippen LogP contribution is 2.66. The lowest BCUT2D eigenvalue weighted by atomic mass is 9.63. The van der Waals surface area contributed by atoms with Crippen LogP contribution in [0.2, 0.25) is 0 Å². The van der Waals surface area contributed by atoms with E-state index in [2.05, 4.69) is 201 Å². The molecule has 8 aromatic rings. The van der Waals surface area contributed by atoms with E-state index in [0.717, 1.165) is 46.5 Å². The first-order valence-electron chi connectivity index (χ1n) is 27.5. The molecule has 0 saturated heterocycles. The number of anilines is 3. The maximum Gasteiger partial charge on any atom is 0.132 e. The minimum Gasteiger partial charge on any atom is -0.457 e. The molecule has 8 aromatic carbocycles. The topological polar surface area (TPSA) is 21.7 Å². The summed E-state index contributed by atoms with van der Waals surface area (Å²) in [4.78, 5) is 2.51. The summed E-state index contributed by atoms with van der Waals surface area (Å²) >= 11 is 0. The lowest BCUT2D eigenvalue weighted by Gasteiger charge is -2.42. The van der Waals surface area contributed by atoms with Crippen LogP contribution in [-0.4, -0.2) is 0 Å². The number of benzene rings is 8. The summed E-state index contributed by atoms with van der Waals surface area (Å²) in [5, 5.41) is 0. The zero-order chi connectivity index (χ0) is 48.4. The molecule has 0 amide bonds. The van der Waals surface area contributed by atoms with Crippen LogP contribution in [0.15, 0.2) is 188 Å². The van der Waals surface area contributed by atoms with Crippen molar-refractivity contribution in [3.63, 3.8) is 0 Å². The van der Waals surface area contributed by atoms with Gasteiger partial charge in [-0.1, -0.05) is 167 Å². The van der Waals surface area contributed by atoms with Gasteiger partial charge < -0.3 is 14.4 Å². The molecule has 2 unspecified atom stereocenters. The van der Waals surface area contributed by atoms with Crippen molar-refractivity contribution in [3.8, 4) is 34.1 Å². The molecule has 0 radical (unpaired) electrons. The first kappa shape index (κ1) is 43.2. The Labute approximate surface area is 430 Å². The fourth-order valence-electron chi connectivity index (χ4n) is 15.3. The van der Waals surface area contributed by atoms with Gasteiger partial charge in [0.1, 0.15) is 23.0 Å². The van der Waals surface area contributed by atoms with Gasteiger partial charge in [-0.15, -0.1) is 0 Å². The van der Waals surface area contributed by atoms with Gasteiger partial charge in [0.25, 0.3) is 0 Å². The van der Waals surface area contributed by atoms with E-state index in [1.54, 1.807) is 0 Å². The quantitative estimate of drug-likeness (QED) is 0.172. The van der Waals surface area contributed by atoms with Crippen molar-refractivity contribution < 1.29 is 9.47 Å². The Kier molecular flexibility index (Phi) is 9.82. The minimum absolute atomic E-state index is 0.458. The number of nitrogens with zero attached hydrogens (tertiary/aromatic N) is 1. The summed E-state index contributed by atoms with van der Waals surface area (Å²) < 4.78 is 14.2. The molecule has 0 N–H and O–H groups in total. The lowest BCUT2D eigenvalue weighted by molar-refractivity contribution is 0.424. The molecule has 0 bridgehead atoms. The van der Waals surface area contributed by atoms with Crippen molar-refractivity contribution in [1.82, 2.24) is 0 Å². The standard InChI is InChI=1S/C70H61NO2/c1-44-29-35-59-56(39-44)54-25-13-15-27-58(54)70(59)63-43-52(33-38-66(63)73-67-28-16-17-45(2)68(67)70)71(50-22-10-5-11-23-50)51-32-34-55-53-24-12-14-26-57(53)69(60(55)42-51)61-40-48(46-18-6-3-7-19-46)30-36-64(61)72-65-37-31-49(41-62(65)69)47-20-8-4-9-21-47/h5,10-17,22-38,40-44,46-47H,3-4,6-9,18-21,39H2,1-2H3. The summed E-state index contributed by atoms with van der Waals surface area (Å²) in [5.74, 6) is 5.36. The Morgan fingerprint density at radius 2 is 0.986 bits per heavy atom. The van der Waals surface area contributed by atoms with Gasteiger partial charge in [-0.2, -0.15) is 0 Å². The molecule has 5 aliphatic carbocycles. The molecule has 2 aliphatic heterocycles. The number of hydrogen-bond donors (Lipinski definition) is 0. The van der Waals surface area contributed by atoms with E-state index in [4.69, 9.17) is 9.47 Å². The van der Waals surface area contributed by atoms with Crippen LogP contribution in [0.3, 0.4) is 0 Å². The lowest BCUT2D eigenvalue weighted by Crippen LogP contribution is -2.34. The van der Waals surface area contributed by atoms with Crippen LogP contribution in [-0.2, 0) is 10.8 Å². The number of fused-ring (bicyclic) bond motifs is 17. The number of aryl methyl sites for hydroxylation is 1. The van der Waals surface area contributed by atoms with E-state index in [-0.39, 0.29) is 0 Å². The smallest absolute Gasteiger partial charge is 0.132 e. The van der Waals surface area contributed by atoms with Crippen molar-refractivity contribution in [3.05, 3.63) is 249 Å². The van der Waals surface area contributed by atoms with E-state index in [9.17, 15) is 0 Å². The average molecular weight is 948 g/mol. The molecule has 2 heterocycles. The minimum atomic E-state index is -0.599. The van der Waals surface area contributed by atoms with E-state index in [0.29, 0.717) is 17.8 Å². The molecule has 2 spiro atoms. The van der Waals surface area contributed by atoms with Crippen molar-refractivity contribution in [1.29, 1.82) is 0 Å². The molecule has 358 valence electrons. The highest BCUT2D eigenvalue weighted by molar-refractivity contribution is 5.94. The van der Waals surface area contributed by atoms with Crippen molar-refractivity contribution >= 4 is 22.6 Å². The second-order valence-corrected chi connectivity index (χ2v) is 22.4. The fourth-order valence-corrected chi connectivity index (χ4v) is 15.3. The normalized spacial score (nSPS) is 20.7. The van der Waals surface area contributed by atoms with Gasteiger partial charge >= 0.3 is 0 Å². The molecule has 73 heavy (non-hydrogen) atoms. The van der Waals surface area contributed by atoms with Crippen molar-refractivity contribution in [2.24, 2.45) is 5.92 Å². The Hall–Kier alpha value is -7.36. The largest absolute Gasteiger partial charge is 0.457 e. The fraction of sp³-hybridized carbons (Fsp3) is 0.257. The number of allylic oxidation sites excluding steroid dienone is 4. The Bertz CT molecular complexity index is 3550. The van der Waals surface area contributed by atoms with E-state index >= 15 is 0 Å². The van der Waals surface area contributed by atoms with E-state index in [1.807, 2.05) is 0 Å². The van der Waals surface area contributed by atoms with Crippen LogP contribution in [0.25, 0.3) is 16.7 Å². The molecule has 2 saturated carbocycles. The van der Waals surface area contributed by atoms with Crippen molar-refractivity contribution in [2.45, 2.75) is 107 Å². The third-order valence-corrected chi connectivity index (χ3v) is 18.4. The predicted octanol–water partition coefficient (Wildman–Crippen LogP) is 18.8. The summed E-state index contributed by atoms with van der Waals surface area (Å²) in [7, 11) is 0. The molecule has 3 heteroatoms. The average Bonchev–Trinajstić information content (AvgIpc) is 4.00. The maximum absolute atomic E-state index is 7.17. The van der Waals surface area contributed by atoms with Crippen LogP contribution in [0.5, 0.6) is 23.0 Å². The Morgan fingerprint density at radius 3 is 1.67 bits per heavy atom. The highest BCUT2D eigenvalue weighted by atomic mass is 16.5. The number of ether oxygens (including phenoxy) is 2. The summed E-state index contributed by atoms with van der Waals surface area (Å²) in [6.07, 6.45) is 18.7. The molecule has 15 rings (SSSR count). The SMILES string of the molecule is Cc1cccc2c1C1(C3=C(CC(C)C=C3)c3ccccc31)c1cc(N(c3ccccc3)c3ccc4c(c3)C3(c5cc(C6CCCCC6)ccc5Oc5ccc(C6CCCCC6)cc53)c3ccccc3-4)ccc1O2. The molecular formula is C70H61NO2. The Balaban J connectivity index is 0.980. The third-order valence-electron chi connectivity index (χ3n) is 18.4. The second-order valence-electron chi connectivity index (χ2n) is 22.4. The van der Waals surface area contributed by atoms with Gasteiger partial charge in [0.2, 0.25) is 0 Å². The molecule has 2 atom stereocenters. The van der Waals surface area contributed by atoms with Gasteiger partial charge in [-0.3, -0.25) is 0 Å². The van der Waals surface area contributed by atoms with Crippen LogP contribution in [0, 0.1) is 12.8 Å². The molecule has 3 nitrogen and oxygen atoms in total. The second kappa shape index (κ2) is 16.6. The van der Waals surface area contributed by atoms with Crippen LogP contribution >= 0.6 is 0 Å². The number of rotatable bonds is 5. The third kappa shape index (κ3) is 6.24. The van der Waals surface area contributed by atoms with Gasteiger partial charge in [0, 0.05) is 39.3 Å². The summed E-state index contributed by atoms with van der Waals surface area (Å²) in [6.45, 7) is 4.62. The van der Waals surface area contributed by atoms with Gasteiger partial charge in [-0.05, 0) is 179 Å². The summed E-state index contributed by atoms with van der Waals surface area (Å²) in [6, 6.07) is 65.1. The summed E-state index contributed by atoms with van der Waals surface area (Å²) in [5.41, 5.74) is 22.1. The number of hydrogen-bond acceptors (Lipinski definition) is 3.